The first-order valence-corrected chi connectivity index (χ1v) is 11.9. The number of nitrogens with zero attached hydrogens (tertiary/aromatic N) is 1. The van der Waals surface area contributed by atoms with E-state index < -0.39 is 5.54 Å². The van der Waals surface area contributed by atoms with Gasteiger partial charge in [-0.2, -0.15) is 0 Å². The molecule has 0 aliphatic carbocycles. The maximum Gasteiger partial charge on any atom is 0.255 e. The summed E-state index contributed by atoms with van der Waals surface area (Å²) < 4.78 is 0. The fourth-order valence-electron chi connectivity index (χ4n) is 5.76. The van der Waals surface area contributed by atoms with E-state index in [1.165, 1.54) is 5.56 Å². The Morgan fingerprint density at radius 3 is 2.39 bits per heavy atom. The Balaban J connectivity index is 1.56. The largest absolute Gasteiger partial charge is 0.349 e. The van der Waals surface area contributed by atoms with Gasteiger partial charge >= 0.3 is 0 Å². The lowest BCUT2D eigenvalue weighted by molar-refractivity contribution is -0.122. The molecule has 0 bridgehead atoms. The normalized spacial score (nSPS) is 24.6. The van der Waals surface area contributed by atoms with Gasteiger partial charge in [0.1, 0.15) is 0 Å². The van der Waals surface area contributed by atoms with Crippen LogP contribution in [-0.4, -0.2) is 34.3 Å². The van der Waals surface area contributed by atoms with Crippen LogP contribution in [0.5, 0.6) is 0 Å². The summed E-state index contributed by atoms with van der Waals surface area (Å²) in [6.07, 6.45) is 3.70. The Morgan fingerprint density at radius 1 is 0.970 bits per heavy atom. The monoisotopic (exact) mass is 438 g/mol. The summed E-state index contributed by atoms with van der Waals surface area (Å²) in [7, 11) is 0. The van der Waals surface area contributed by atoms with Gasteiger partial charge in [-0.05, 0) is 55.4 Å². The number of likely N-dealkylation sites (tertiary alicyclic amines) is 1. The molecule has 4 heteroatoms. The zero-order chi connectivity index (χ0) is 22.8. The number of rotatable bonds is 4. The molecule has 3 aromatic carbocycles. The molecule has 0 aromatic heterocycles. The zero-order valence-corrected chi connectivity index (χ0v) is 19.0. The zero-order valence-electron chi connectivity index (χ0n) is 19.0. The SMILES string of the molecule is C[C@]12C[C@@H](Cc3ccccc3)N(C(=O)c3ccccc3-c3ccccc3)[C@H]1CCCC(=O)N2. The topological polar surface area (TPSA) is 49.4 Å². The van der Waals surface area contributed by atoms with E-state index in [1.807, 2.05) is 72.8 Å². The fourth-order valence-corrected chi connectivity index (χ4v) is 5.76. The van der Waals surface area contributed by atoms with E-state index in [9.17, 15) is 9.59 Å². The maximum absolute atomic E-state index is 14.2. The van der Waals surface area contributed by atoms with Crippen LogP contribution in [0, 0.1) is 0 Å². The molecule has 2 fully saturated rings. The van der Waals surface area contributed by atoms with Crippen LogP contribution < -0.4 is 5.32 Å². The first-order chi connectivity index (χ1) is 16.0. The van der Waals surface area contributed by atoms with E-state index in [2.05, 4.69) is 29.3 Å². The van der Waals surface area contributed by atoms with Crippen LogP contribution in [0.4, 0.5) is 0 Å². The molecule has 168 valence electrons. The molecule has 2 saturated heterocycles. The van der Waals surface area contributed by atoms with Gasteiger partial charge in [0.25, 0.3) is 5.91 Å². The van der Waals surface area contributed by atoms with Gasteiger partial charge in [-0.3, -0.25) is 9.59 Å². The summed E-state index contributed by atoms with van der Waals surface area (Å²) in [5.41, 5.74) is 3.51. The molecule has 4 nitrogen and oxygen atoms in total. The van der Waals surface area contributed by atoms with Crippen molar-refractivity contribution >= 4 is 11.8 Å². The van der Waals surface area contributed by atoms with Gasteiger partial charge in [0, 0.05) is 18.0 Å². The van der Waals surface area contributed by atoms with Crippen molar-refractivity contribution in [3.05, 3.63) is 96.1 Å². The van der Waals surface area contributed by atoms with E-state index in [0.29, 0.717) is 6.42 Å². The Labute approximate surface area is 195 Å². The van der Waals surface area contributed by atoms with E-state index in [4.69, 9.17) is 0 Å². The van der Waals surface area contributed by atoms with Crippen molar-refractivity contribution in [1.82, 2.24) is 10.2 Å². The highest BCUT2D eigenvalue weighted by atomic mass is 16.2. The molecule has 3 atom stereocenters. The predicted molar refractivity (Wildman–Crippen MR) is 131 cm³/mol. The molecule has 2 heterocycles. The summed E-state index contributed by atoms with van der Waals surface area (Å²) >= 11 is 0. The third-order valence-electron chi connectivity index (χ3n) is 7.22. The number of nitrogens with one attached hydrogen (secondary N) is 1. The number of benzene rings is 3. The molecule has 3 aromatic rings. The van der Waals surface area contributed by atoms with Crippen LogP contribution in [0.1, 0.15) is 48.5 Å². The van der Waals surface area contributed by atoms with E-state index in [1.54, 1.807) is 0 Å². The van der Waals surface area contributed by atoms with Gasteiger partial charge in [0.15, 0.2) is 0 Å². The second kappa shape index (κ2) is 8.86. The van der Waals surface area contributed by atoms with Gasteiger partial charge in [0.05, 0.1) is 11.6 Å². The molecule has 0 saturated carbocycles. The Bertz CT molecular complexity index is 1140. The Morgan fingerprint density at radius 2 is 1.64 bits per heavy atom. The molecule has 2 amide bonds. The molecular weight excluding hydrogens is 408 g/mol. The van der Waals surface area contributed by atoms with Crippen LogP contribution in [0.25, 0.3) is 11.1 Å². The van der Waals surface area contributed by atoms with Crippen molar-refractivity contribution in [3.8, 4) is 11.1 Å². The fraction of sp³-hybridized carbons (Fsp3) is 0.310. The summed E-state index contributed by atoms with van der Waals surface area (Å²) in [6, 6.07) is 28.3. The lowest BCUT2D eigenvalue weighted by Gasteiger charge is -2.35. The lowest BCUT2D eigenvalue weighted by Crippen LogP contribution is -2.54. The molecule has 1 N–H and O–H groups in total. The third kappa shape index (κ3) is 4.18. The molecule has 33 heavy (non-hydrogen) atoms. The number of fused-ring (bicyclic) bond motifs is 1. The van der Waals surface area contributed by atoms with Crippen LogP contribution in [0.15, 0.2) is 84.9 Å². The Kier molecular flexibility index (Phi) is 5.76. The second-order valence-corrected chi connectivity index (χ2v) is 9.55. The summed E-state index contributed by atoms with van der Waals surface area (Å²) in [6.45, 7) is 2.12. The van der Waals surface area contributed by atoms with Crippen LogP contribution in [-0.2, 0) is 11.2 Å². The highest BCUT2D eigenvalue weighted by Crippen LogP contribution is 2.41. The van der Waals surface area contributed by atoms with Gasteiger partial charge < -0.3 is 10.2 Å². The minimum atomic E-state index is -0.412. The van der Waals surface area contributed by atoms with Gasteiger partial charge in [-0.1, -0.05) is 78.9 Å². The van der Waals surface area contributed by atoms with Crippen LogP contribution >= 0.6 is 0 Å². The predicted octanol–water partition coefficient (Wildman–Crippen LogP) is 5.24. The van der Waals surface area contributed by atoms with Gasteiger partial charge in [0.2, 0.25) is 5.91 Å². The Hall–Kier alpha value is -3.40. The van der Waals surface area contributed by atoms with E-state index >= 15 is 0 Å². The number of amides is 2. The van der Waals surface area contributed by atoms with Crippen LogP contribution in [0.2, 0.25) is 0 Å². The number of carbonyl (C=O) groups is 2. The summed E-state index contributed by atoms with van der Waals surface area (Å²) in [5, 5.41) is 3.28. The number of carbonyl (C=O) groups excluding carboxylic acids is 2. The highest BCUT2D eigenvalue weighted by Gasteiger charge is 2.52. The molecule has 2 aliphatic heterocycles. The van der Waals surface area contributed by atoms with Crippen molar-refractivity contribution in [2.45, 2.75) is 56.7 Å². The summed E-state index contributed by atoms with van der Waals surface area (Å²) in [5.74, 6) is 0.151. The standard InChI is InChI=1S/C29H30N2O2/c1-29-20-23(19-21-11-4-2-5-12-21)31(26(29)17-10-18-27(32)30-29)28(33)25-16-9-8-15-24(25)22-13-6-3-7-14-22/h2-9,11-16,23,26H,10,17-20H2,1H3,(H,30,32)/t23-,26+,29+/m1/s1. The smallest absolute Gasteiger partial charge is 0.255 e. The molecular formula is C29H30N2O2. The lowest BCUT2D eigenvalue weighted by atomic mass is 9.88. The van der Waals surface area contributed by atoms with Gasteiger partial charge in [-0.15, -0.1) is 0 Å². The minimum Gasteiger partial charge on any atom is -0.349 e. The van der Waals surface area contributed by atoms with E-state index in [-0.39, 0.29) is 23.9 Å². The quantitative estimate of drug-likeness (QED) is 0.606. The van der Waals surface area contributed by atoms with Gasteiger partial charge in [-0.25, -0.2) is 0 Å². The number of hydrogen-bond donors (Lipinski definition) is 1. The second-order valence-electron chi connectivity index (χ2n) is 9.55. The van der Waals surface area contributed by atoms with Crippen molar-refractivity contribution in [3.63, 3.8) is 0 Å². The molecule has 0 spiro atoms. The first kappa shape index (κ1) is 21.4. The number of hydrogen-bond acceptors (Lipinski definition) is 2. The molecule has 5 rings (SSSR count). The minimum absolute atomic E-state index is 0.0195. The maximum atomic E-state index is 14.2. The average Bonchev–Trinajstić information content (AvgIpc) is 3.00. The molecule has 2 aliphatic rings. The summed E-state index contributed by atoms with van der Waals surface area (Å²) in [4.78, 5) is 28.8. The molecule has 0 unspecified atom stereocenters. The average molecular weight is 439 g/mol. The first-order valence-electron chi connectivity index (χ1n) is 11.9. The van der Waals surface area contributed by atoms with Crippen molar-refractivity contribution in [2.24, 2.45) is 0 Å². The van der Waals surface area contributed by atoms with E-state index in [0.717, 1.165) is 42.4 Å². The van der Waals surface area contributed by atoms with Crippen molar-refractivity contribution in [2.75, 3.05) is 0 Å². The molecule has 0 radical (unpaired) electrons. The third-order valence-corrected chi connectivity index (χ3v) is 7.22. The van der Waals surface area contributed by atoms with Crippen molar-refractivity contribution < 1.29 is 9.59 Å². The highest BCUT2D eigenvalue weighted by molar-refractivity contribution is 6.01. The van der Waals surface area contributed by atoms with Crippen LogP contribution in [0.3, 0.4) is 0 Å². The van der Waals surface area contributed by atoms with Crippen molar-refractivity contribution in [1.29, 1.82) is 0 Å².